The standard InChI is InChI=1S/C20H13Cl3N4O4/c21-16-8-13(10-25-26-20(28)15-5-2-6-24-19(15)23)9-17(22)18(16)31-11-12-3-1-4-14(7-12)27(29)30/h1-10H,11H2,(H,26,28). The first kappa shape index (κ1) is 22.5. The van der Waals surface area contributed by atoms with E-state index >= 15 is 0 Å². The van der Waals surface area contributed by atoms with Crippen molar-refractivity contribution in [3.63, 3.8) is 0 Å². The number of nitro groups is 1. The molecule has 158 valence electrons. The molecular formula is C20H13Cl3N4O4. The number of pyridine rings is 1. The lowest BCUT2D eigenvalue weighted by atomic mass is 10.2. The second kappa shape index (κ2) is 10.2. The molecule has 0 unspecified atom stereocenters. The van der Waals surface area contributed by atoms with E-state index in [0.29, 0.717) is 11.1 Å². The van der Waals surface area contributed by atoms with Crippen LogP contribution in [0.2, 0.25) is 15.2 Å². The molecule has 8 nitrogen and oxygen atoms in total. The van der Waals surface area contributed by atoms with Gasteiger partial charge in [-0.1, -0.05) is 46.9 Å². The zero-order valence-electron chi connectivity index (χ0n) is 15.6. The van der Waals surface area contributed by atoms with E-state index in [1.807, 2.05) is 0 Å². The zero-order chi connectivity index (χ0) is 22.4. The number of amides is 1. The summed E-state index contributed by atoms with van der Waals surface area (Å²) in [5, 5.41) is 15.2. The Balaban J connectivity index is 1.66. The highest BCUT2D eigenvalue weighted by Crippen LogP contribution is 2.34. The number of rotatable bonds is 7. The molecule has 31 heavy (non-hydrogen) atoms. The Bertz CT molecular complexity index is 1150. The molecule has 3 rings (SSSR count). The minimum absolute atomic E-state index is 0.0382. The molecule has 0 aliphatic heterocycles. The number of benzene rings is 2. The highest BCUT2D eigenvalue weighted by atomic mass is 35.5. The summed E-state index contributed by atoms with van der Waals surface area (Å²) in [6.07, 6.45) is 2.82. The molecule has 0 fully saturated rings. The maximum Gasteiger partial charge on any atom is 0.274 e. The summed E-state index contributed by atoms with van der Waals surface area (Å²) in [6, 6.07) is 12.2. The van der Waals surface area contributed by atoms with Crippen molar-refractivity contribution >= 4 is 52.6 Å². The summed E-state index contributed by atoms with van der Waals surface area (Å²) in [5.74, 6) is -0.304. The van der Waals surface area contributed by atoms with Gasteiger partial charge in [0.15, 0.2) is 5.75 Å². The molecule has 0 bridgehead atoms. The SMILES string of the molecule is O=C(NN=Cc1cc(Cl)c(OCc2cccc([N+](=O)[O-])c2)c(Cl)c1)c1cccnc1Cl. The molecular weight excluding hydrogens is 467 g/mol. The summed E-state index contributed by atoms with van der Waals surface area (Å²) in [4.78, 5) is 26.3. The van der Waals surface area contributed by atoms with Gasteiger partial charge in [0.25, 0.3) is 11.6 Å². The van der Waals surface area contributed by atoms with Crippen molar-refractivity contribution in [3.05, 3.63) is 96.7 Å². The first-order valence-electron chi connectivity index (χ1n) is 8.64. The third-order valence-corrected chi connectivity index (χ3v) is 4.77. The van der Waals surface area contributed by atoms with E-state index in [9.17, 15) is 14.9 Å². The van der Waals surface area contributed by atoms with Gasteiger partial charge >= 0.3 is 0 Å². The number of carbonyl (C=O) groups excluding carboxylic acids is 1. The lowest BCUT2D eigenvalue weighted by Gasteiger charge is -2.11. The summed E-state index contributed by atoms with van der Waals surface area (Å²) < 4.78 is 5.63. The van der Waals surface area contributed by atoms with E-state index in [2.05, 4.69) is 15.5 Å². The third-order valence-electron chi connectivity index (χ3n) is 3.91. The van der Waals surface area contributed by atoms with Crippen LogP contribution in [0.4, 0.5) is 5.69 Å². The lowest BCUT2D eigenvalue weighted by molar-refractivity contribution is -0.384. The molecule has 0 radical (unpaired) electrons. The van der Waals surface area contributed by atoms with E-state index in [-0.39, 0.29) is 38.8 Å². The van der Waals surface area contributed by atoms with Crippen LogP contribution < -0.4 is 10.2 Å². The van der Waals surface area contributed by atoms with Gasteiger partial charge < -0.3 is 4.74 Å². The average Bonchev–Trinajstić information content (AvgIpc) is 2.73. The Labute approximate surface area is 191 Å². The quantitative estimate of drug-likeness (QED) is 0.214. The second-order valence-corrected chi connectivity index (χ2v) is 7.24. The van der Waals surface area contributed by atoms with E-state index in [4.69, 9.17) is 39.5 Å². The highest BCUT2D eigenvalue weighted by Gasteiger charge is 2.12. The van der Waals surface area contributed by atoms with Crippen molar-refractivity contribution in [3.8, 4) is 5.75 Å². The summed E-state index contributed by atoms with van der Waals surface area (Å²) >= 11 is 18.4. The number of hydrogen-bond acceptors (Lipinski definition) is 6. The monoisotopic (exact) mass is 478 g/mol. The number of nitro benzene ring substituents is 1. The van der Waals surface area contributed by atoms with Gasteiger partial charge in [0.05, 0.1) is 26.7 Å². The van der Waals surface area contributed by atoms with Crippen molar-refractivity contribution in [1.29, 1.82) is 0 Å². The molecule has 0 aliphatic carbocycles. The fourth-order valence-electron chi connectivity index (χ4n) is 2.49. The molecule has 0 spiro atoms. The molecule has 0 saturated carbocycles. The average molecular weight is 480 g/mol. The summed E-state index contributed by atoms with van der Waals surface area (Å²) in [7, 11) is 0. The number of nitrogens with zero attached hydrogens (tertiary/aromatic N) is 3. The van der Waals surface area contributed by atoms with Gasteiger partial charge in [-0.25, -0.2) is 10.4 Å². The Kier molecular flexibility index (Phi) is 7.41. The molecule has 1 heterocycles. The highest BCUT2D eigenvalue weighted by molar-refractivity contribution is 6.37. The predicted molar refractivity (Wildman–Crippen MR) is 118 cm³/mol. The van der Waals surface area contributed by atoms with Crippen LogP contribution in [0.1, 0.15) is 21.5 Å². The molecule has 11 heteroatoms. The largest absolute Gasteiger partial charge is 0.486 e. The van der Waals surface area contributed by atoms with Gasteiger partial charge in [-0.3, -0.25) is 14.9 Å². The smallest absolute Gasteiger partial charge is 0.274 e. The molecule has 1 N–H and O–H groups in total. The number of hydrogen-bond donors (Lipinski definition) is 1. The van der Waals surface area contributed by atoms with E-state index in [1.54, 1.807) is 30.3 Å². The van der Waals surface area contributed by atoms with Gasteiger partial charge in [-0.15, -0.1) is 0 Å². The second-order valence-electron chi connectivity index (χ2n) is 6.07. The molecule has 3 aromatic rings. The van der Waals surface area contributed by atoms with Crippen LogP contribution in [-0.2, 0) is 6.61 Å². The maximum absolute atomic E-state index is 12.1. The van der Waals surface area contributed by atoms with Crippen molar-refractivity contribution in [2.45, 2.75) is 6.61 Å². The third kappa shape index (κ3) is 5.91. The van der Waals surface area contributed by atoms with Crippen molar-refractivity contribution in [2.24, 2.45) is 5.10 Å². The van der Waals surface area contributed by atoms with E-state index in [1.165, 1.54) is 30.6 Å². The molecule has 0 saturated heterocycles. The zero-order valence-corrected chi connectivity index (χ0v) is 17.9. The number of halogens is 3. The maximum atomic E-state index is 12.1. The number of nitrogens with one attached hydrogen (secondary N) is 1. The number of hydrazone groups is 1. The number of non-ortho nitro benzene ring substituents is 1. The van der Waals surface area contributed by atoms with Crippen LogP contribution in [0.15, 0.2) is 59.8 Å². The molecule has 1 amide bonds. The predicted octanol–water partition coefficient (Wildman–Crippen LogP) is 5.29. The van der Waals surface area contributed by atoms with Crippen molar-refractivity contribution in [2.75, 3.05) is 0 Å². The van der Waals surface area contributed by atoms with Crippen LogP contribution in [0.5, 0.6) is 5.75 Å². The van der Waals surface area contributed by atoms with Gasteiger partial charge in [0.1, 0.15) is 11.8 Å². The van der Waals surface area contributed by atoms with Crippen LogP contribution in [0.25, 0.3) is 0 Å². The molecule has 0 atom stereocenters. The normalized spacial score (nSPS) is 10.8. The minimum Gasteiger partial charge on any atom is -0.486 e. The first-order valence-corrected chi connectivity index (χ1v) is 9.77. The number of carbonyl (C=O) groups is 1. The van der Waals surface area contributed by atoms with Crippen LogP contribution in [0, 0.1) is 10.1 Å². The van der Waals surface area contributed by atoms with E-state index < -0.39 is 10.8 Å². The van der Waals surface area contributed by atoms with Gasteiger partial charge in [-0.2, -0.15) is 5.10 Å². The number of aromatic nitrogens is 1. The Hall–Kier alpha value is -3.20. The van der Waals surface area contributed by atoms with E-state index in [0.717, 1.165) is 0 Å². The van der Waals surface area contributed by atoms with Gasteiger partial charge in [0, 0.05) is 18.3 Å². The van der Waals surface area contributed by atoms with Crippen molar-refractivity contribution in [1.82, 2.24) is 10.4 Å². The first-order chi connectivity index (χ1) is 14.8. The van der Waals surface area contributed by atoms with Gasteiger partial charge in [0.2, 0.25) is 0 Å². The molecule has 2 aromatic carbocycles. The molecule has 0 aliphatic rings. The summed E-state index contributed by atoms with van der Waals surface area (Å²) in [6.45, 7) is 0.0382. The van der Waals surface area contributed by atoms with Crippen LogP contribution in [0.3, 0.4) is 0 Å². The minimum atomic E-state index is -0.525. The topological polar surface area (TPSA) is 107 Å². The van der Waals surface area contributed by atoms with Gasteiger partial charge in [-0.05, 0) is 35.4 Å². The fraction of sp³-hybridized carbons (Fsp3) is 0.0500. The van der Waals surface area contributed by atoms with Crippen LogP contribution >= 0.6 is 34.8 Å². The van der Waals surface area contributed by atoms with Crippen molar-refractivity contribution < 1.29 is 14.5 Å². The Morgan fingerprint density at radius 2 is 1.90 bits per heavy atom. The lowest BCUT2D eigenvalue weighted by Crippen LogP contribution is -2.18. The number of ether oxygens (including phenoxy) is 1. The fourth-order valence-corrected chi connectivity index (χ4v) is 3.31. The summed E-state index contributed by atoms with van der Waals surface area (Å²) in [5.41, 5.74) is 3.57. The van der Waals surface area contributed by atoms with Crippen LogP contribution in [-0.4, -0.2) is 22.0 Å². The Morgan fingerprint density at radius 1 is 1.16 bits per heavy atom. The molecule has 1 aromatic heterocycles. The Morgan fingerprint density at radius 3 is 2.58 bits per heavy atom.